The maximum absolute atomic E-state index is 10.6. The van der Waals surface area contributed by atoms with E-state index in [1.165, 1.54) is 0 Å². The molecule has 0 fully saturated rings. The van der Waals surface area contributed by atoms with Gasteiger partial charge in [-0.1, -0.05) is 66.2 Å². The second-order valence-corrected chi connectivity index (χ2v) is 6.00. The van der Waals surface area contributed by atoms with Gasteiger partial charge in [0.05, 0.1) is 7.11 Å². The van der Waals surface area contributed by atoms with Crippen LogP contribution in [0.4, 0.5) is 0 Å². The lowest BCUT2D eigenvalue weighted by Gasteiger charge is -2.16. The predicted molar refractivity (Wildman–Crippen MR) is 99.0 cm³/mol. The normalized spacial score (nSPS) is 11.8. The Morgan fingerprint density at radius 2 is 1.52 bits per heavy atom. The van der Waals surface area contributed by atoms with Crippen molar-refractivity contribution in [1.82, 2.24) is 0 Å². The van der Waals surface area contributed by atoms with Gasteiger partial charge in [-0.2, -0.15) is 0 Å². The molecule has 3 aromatic carbocycles. The smallest absolute Gasteiger partial charge is 0.161 e. The zero-order valence-corrected chi connectivity index (χ0v) is 14.5. The van der Waals surface area contributed by atoms with Gasteiger partial charge in [0.2, 0.25) is 0 Å². The third-order valence-electron chi connectivity index (χ3n) is 4.13. The number of aliphatic hydroxyl groups excluding tert-OH is 1. The Morgan fingerprint density at radius 1 is 0.840 bits per heavy atom. The molecule has 3 nitrogen and oxygen atoms in total. The molecule has 0 aliphatic carbocycles. The minimum absolute atomic E-state index is 0.469. The summed E-state index contributed by atoms with van der Waals surface area (Å²) in [6.07, 6.45) is -0.697. The summed E-state index contributed by atoms with van der Waals surface area (Å²) in [4.78, 5) is 0. The molecule has 1 atom stereocenters. The molecular formula is C22H22O3. The minimum atomic E-state index is -0.697. The third kappa shape index (κ3) is 4.20. The van der Waals surface area contributed by atoms with Crippen molar-refractivity contribution in [2.75, 3.05) is 7.11 Å². The summed E-state index contributed by atoms with van der Waals surface area (Å²) in [5, 5.41) is 10.6. The van der Waals surface area contributed by atoms with Gasteiger partial charge in [-0.05, 0) is 35.7 Å². The second-order valence-electron chi connectivity index (χ2n) is 6.00. The molecule has 0 spiro atoms. The van der Waals surface area contributed by atoms with Crippen molar-refractivity contribution in [1.29, 1.82) is 0 Å². The van der Waals surface area contributed by atoms with E-state index in [2.05, 4.69) is 0 Å². The van der Waals surface area contributed by atoms with Crippen molar-refractivity contribution >= 4 is 0 Å². The summed E-state index contributed by atoms with van der Waals surface area (Å²) >= 11 is 0. The van der Waals surface area contributed by atoms with Crippen molar-refractivity contribution in [3.8, 4) is 11.5 Å². The van der Waals surface area contributed by atoms with Crippen LogP contribution >= 0.6 is 0 Å². The van der Waals surface area contributed by atoms with Crippen LogP contribution in [0.3, 0.4) is 0 Å². The number of ether oxygens (including phenoxy) is 2. The molecule has 3 heteroatoms. The van der Waals surface area contributed by atoms with Crippen LogP contribution in [-0.4, -0.2) is 12.2 Å². The Hall–Kier alpha value is -2.78. The second kappa shape index (κ2) is 7.86. The summed E-state index contributed by atoms with van der Waals surface area (Å²) in [6.45, 7) is 2.50. The highest BCUT2D eigenvalue weighted by molar-refractivity contribution is 5.45. The predicted octanol–water partition coefficient (Wildman–Crippen LogP) is 4.66. The summed E-state index contributed by atoms with van der Waals surface area (Å²) < 4.78 is 11.3. The van der Waals surface area contributed by atoms with Crippen LogP contribution in [0.2, 0.25) is 0 Å². The lowest BCUT2D eigenvalue weighted by molar-refractivity contribution is 0.219. The quantitative estimate of drug-likeness (QED) is 0.712. The average molecular weight is 334 g/mol. The molecule has 128 valence electrons. The topological polar surface area (TPSA) is 38.7 Å². The number of hydrogen-bond acceptors (Lipinski definition) is 3. The molecule has 0 radical (unpaired) electrons. The first-order valence-electron chi connectivity index (χ1n) is 8.26. The Labute approximate surface area is 148 Å². The van der Waals surface area contributed by atoms with E-state index < -0.39 is 6.10 Å². The molecule has 0 aliphatic heterocycles. The van der Waals surface area contributed by atoms with Crippen LogP contribution in [-0.2, 0) is 6.61 Å². The Kier molecular flexibility index (Phi) is 5.36. The SMILES string of the molecule is COc1cc(C(O)c2ccc(C)cc2)ccc1OCc1ccccc1. The van der Waals surface area contributed by atoms with E-state index in [1.54, 1.807) is 7.11 Å². The van der Waals surface area contributed by atoms with Crippen LogP contribution in [0.1, 0.15) is 28.4 Å². The molecule has 0 bridgehead atoms. The highest BCUT2D eigenvalue weighted by Gasteiger charge is 2.14. The number of rotatable bonds is 6. The van der Waals surface area contributed by atoms with Crippen LogP contribution < -0.4 is 9.47 Å². The molecule has 0 saturated heterocycles. The standard InChI is InChI=1S/C22H22O3/c1-16-8-10-18(11-9-16)22(23)19-12-13-20(21(14-19)24-2)25-15-17-6-4-3-5-7-17/h3-14,22-23H,15H2,1-2H3. The largest absolute Gasteiger partial charge is 0.493 e. The summed E-state index contributed by atoms with van der Waals surface area (Å²) in [5.74, 6) is 1.27. The number of hydrogen-bond donors (Lipinski definition) is 1. The first-order valence-corrected chi connectivity index (χ1v) is 8.26. The molecule has 0 amide bonds. The zero-order valence-electron chi connectivity index (χ0n) is 14.5. The molecule has 0 aromatic heterocycles. The van der Waals surface area contributed by atoms with Crippen molar-refractivity contribution in [3.05, 3.63) is 95.1 Å². The van der Waals surface area contributed by atoms with Crippen molar-refractivity contribution in [3.63, 3.8) is 0 Å². The molecule has 1 unspecified atom stereocenters. The van der Waals surface area contributed by atoms with Crippen LogP contribution in [0.15, 0.2) is 72.8 Å². The minimum Gasteiger partial charge on any atom is -0.493 e. The molecule has 0 aliphatic rings. The molecule has 0 saturated carbocycles. The van der Waals surface area contributed by atoms with Gasteiger partial charge in [-0.25, -0.2) is 0 Å². The van der Waals surface area contributed by atoms with E-state index in [-0.39, 0.29) is 0 Å². The lowest BCUT2D eigenvalue weighted by Crippen LogP contribution is -2.02. The first kappa shape index (κ1) is 17.1. The Morgan fingerprint density at radius 3 is 2.20 bits per heavy atom. The van der Waals surface area contributed by atoms with Gasteiger partial charge in [0, 0.05) is 0 Å². The number of aliphatic hydroxyl groups is 1. The van der Waals surface area contributed by atoms with E-state index in [0.717, 1.165) is 22.3 Å². The first-order chi connectivity index (χ1) is 12.2. The zero-order chi connectivity index (χ0) is 17.6. The van der Waals surface area contributed by atoms with Gasteiger partial charge in [0.15, 0.2) is 11.5 Å². The van der Waals surface area contributed by atoms with E-state index in [0.29, 0.717) is 18.1 Å². The fourth-order valence-corrected chi connectivity index (χ4v) is 2.65. The summed E-state index contributed by atoms with van der Waals surface area (Å²) in [7, 11) is 1.60. The van der Waals surface area contributed by atoms with E-state index in [4.69, 9.17) is 9.47 Å². The van der Waals surface area contributed by atoms with Gasteiger partial charge in [-0.3, -0.25) is 0 Å². The molecular weight excluding hydrogens is 312 g/mol. The van der Waals surface area contributed by atoms with Gasteiger partial charge >= 0.3 is 0 Å². The fraction of sp³-hybridized carbons (Fsp3) is 0.182. The van der Waals surface area contributed by atoms with E-state index >= 15 is 0 Å². The van der Waals surface area contributed by atoms with Crippen LogP contribution in [0.5, 0.6) is 11.5 Å². The highest BCUT2D eigenvalue weighted by atomic mass is 16.5. The number of benzene rings is 3. The Balaban J connectivity index is 1.78. The van der Waals surface area contributed by atoms with E-state index in [1.807, 2.05) is 79.7 Å². The molecule has 0 heterocycles. The van der Waals surface area contributed by atoms with Crippen LogP contribution in [0, 0.1) is 6.92 Å². The van der Waals surface area contributed by atoms with E-state index in [9.17, 15) is 5.11 Å². The summed E-state index contributed by atoms with van der Waals surface area (Å²) in [6, 6.07) is 23.4. The third-order valence-corrected chi connectivity index (χ3v) is 4.13. The van der Waals surface area contributed by atoms with Gasteiger partial charge in [0.1, 0.15) is 12.7 Å². The molecule has 1 N–H and O–H groups in total. The number of methoxy groups -OCH3 is 1. The van der Waals surface area contributed by atoms with Gasteiger partial charge in [0.25, 0.3) is 0 Å². The average Bonchev–Trinajstić information content (AvgIpc) is 2.67. The van der Waals surface area contributed by atoms with Crippen molar-refractivity contribution in [2.45, 2.75) is 19.6 Å². The van der Waals surface area contributed by atoms with Crippen LogP contribution in [0.25, 0.3) is 0 Å². The van der Waals surface area contributed by atoms with Crippen molar-refractivity contribution in [2.24, 2.45) is 0 Å². The monoisotopic (exact) mass is 334 g/mol. The molecule has 3 rings (SSSR count). The van der Waals surface area contributed by atoms with Gasteiger partial charge < -0.3 is 14.6 Å². The maximum atomic E-state index is 10.6. The lowest BCUT2D eigenvalue weighted by atomic mass is 10.0. The Bertz CT molecular complexity index is 810. The number of aryl methyl sites for hydroxylation is 1. The summed E-state index contributed by atoms with van der Waals surface area (Å²) in [5.41, 5.74) is 3.88. The fourth-order valence-electron chi connectivity index (χ4n) is 2.65. The molecule has 25 heavy (non-hydrogen) atoms. The van der Waals surface area contributed by atoms with Gasteiger partial charge in [-0.15, -0.1) is 0 Å². The maximum Gasteiger partial charge on any atom is 0.161 e. The van der Waals surface area contributed by atoms with Crippen molar-refractivity contribution < 1.29 is 14.6 Å². The highest BCUT2D eigenvalue weighted by Crippen LogP contribution is 2.33. The molecule has 3 aromatic rings.